The van der Waals surface area contributed by atoms with Crippen LogP contribution in [0.4, 0.5) is 0 Å². The fraction of sp³-hybridized carbons (Fsp3) is 0.625. The van der Waals surface area contributed by atoms with E-state index in [9.17, 15) is 28.8 Å². The Bertz CT molecular complexity index is 607. The maximum Gasteiger partial charge on any atom is 0.303 e. The zero-order valence-electron chi connectivity index (χ0n) is 15.4. The van der Waals surface area contributed by atoms with Gasteiger partial charge in [-0.15, -0.1) is 0 Å². The van der Waals surface area contributed by atoms with Crippen molar-refractivity contribution in [3.05, 3.63) is 0 Å². The fourth-order valence-electron chi connectivity index (χ4n) is 2.59. The van der Waals surface area contributed by atoms with E-state index < -0.39 is 66.1 Å². The first kappa shape index (κ1) is 22.1. The molecule has 0 radical (unpaired) electrons. The number of carbonyl (C=O) groups excluding carboxylic acids is 6. The minimum atomic E-state index is -1.74. The van der Waals surface area contributed by atoms with Crippen molar-refractivity contribution < 1.29 is 52.5 Å². The largest absolute Gasteiger partial charge is 0.454 e. The smallest absolute Gasteiger partial charge is 0.303 e. The normalized spacial score (nSPS) is 27.1. The summed E-state index contributed by atoms with van der Waals surface area (Å²) in [6.07, 6.45) is -8.28. The van der Waals surface area contributed by atoms with Crippen LogP contribution in [0.1, 0.15) is 34.6 Å². The molecular weight excluding hydrogens is 368 g/mol. The molecule has 0 aromatic heterocycles. The SMILES string of the molecule is CC(=O)OC1C(=O)C(OC(C)=O)C(OC(C)=O)C(OC(C)=O)C1OC(C)=O. The lowest BCUT2D eigenvalue weighted by Gasteiger charge is -2.42. The first-order valence-electron chi connectivity index (χ1n) is 7.83. The van der Waals surface area contributed by atoms with Gasteiger partial charge in [-0.1, -0.05) is 0 Å². The highest BCUT2D eigenvalue weighted by molar-refractivity contribution is 5.93. The van der Waals surface area contributed by atoms with Gasteiger partial charge in [0.2, 0.25) is 18.0 Å². The van der Waals surface area contributed by atoms with Crippen LogP contribution in [0.3, 0.4) is 0 Å². The van der Waals surface area contributed by atoms with Gasteiger partial charge in [0.05, 0.1) is 0 Å². The van der Waals surface area contributed by atoms with Crippen LogP contribution >= 0.6 is 0 Å². The number of hydrogen-bond donors (Lipinski definition) is 0. The summed E-state index contributed by atoms with van der Waals surface area (Å²) in [5.41, 5.74) is 0. The Morgan fingerprint density at radius 3 is 1.04 bits per heavy atom. The summed E-state index contributed by atoms with van der Waals surface area (Å²) in [6, 6.07) is 0. The quantitative estimate of drug-likeness (QED) is 0.431. The highest BCUT2D eigenvalue weighted by atomic mass is 16.6. The first-order chi connectivity index (χ1) is 12.4. The van der Waals surface area contributed by atoms with Gasteiger partial charge >= 0.3 is 29.8 Å². The Balaban J connectivity index is 3.48. The summed E-state index contributed by atoms with van der Waals surface area (Å²) < 4.78 is 24.9. The van der Waals surface area contributed by atoms with E-state index in [1.54, 1.807) is 0 Å². The summed E-state index contributed by atoms with van der Waals surface area (Å²) in [5, 5.41) is 0. The van der Waals surface area contributed by atoms with Gasteiger partial charge in [-0.25, -0.2) is 0 Å². The van der Waals surface area contributed by atoms with Crippen LogP contribution in [-0.4, -0.2) is 66.1 Å². The summed E-state index contributed by atoms with van der Waals surface area (Å²) >= 11 is 0. The Morgan fingerprint density at radius 1 is 0.519 bits per heavy atom. The molecule has 1 saturated carbocycles. The molecule has 1 aliphatic carbocycles. The monoisotopic (exact) mass is 388 g/mol. The second kappa shape index (κ2) is 9.10. The average molecular weight is 388 g/mol. The molecule has 150 valence electrons. The van der Waals surface area contributed by atoms with E-state index >= 15 is 0 Å². The zero-order valence-corrected chi connectivity index (χ0v) is 15.4. The van der Waals surface area contributed by atoms with Gasteiger partial charge < -0.3 is 23.7 Å². The molecule has 0 spiro atoms. The predicted octanol–water partition coefficient (Wildman–Crippen LogP) is -0.772. The van der Waals surface area contributed by atoms with Crippen molar-refractivity contribution in [3.63, 3.8) is 0 Å². The van der Waals surface area contributed by atoms with E-state index in [0.717, 1.165) is 34.6 Å². The van der Waals surface area contributed by atoms with Crippen molar-refractivity contribution in [2.24, 2.45) is 0 Å². The first-order valence-corrected chi connectivity index (χ1v) is 7.83. The van der Waals surface area contributed by atoms with Crippen LogP contribution in [0.2, 0.25) is 0 Å². The number of rotatable bonds is 5. The molecule has 11 heteroatoms. The Morgan fingerprint density at radius 2 is 0.778 bits per heavy atom. The standard InChI is InChI=1S/C16H20O11/c1-6(17)23-12-11(22)13(24-7(2)18)15(26-9(4)20)16(27-10(5)21)14(12)25-8(3)19/h12-16H,1-5H3. The molecule has 0 aromatic rings. The van der Waals surface area contributed by atoms with Crippen LogP contribution in [0.25, 0.3) is 0 Å². The van der Waals surface area contributed by atoms with E-state index in [1.165, 1.54) is 0 Å². The van der Waals surface area contributed by atoms with E-state index in [-0.39, 0.29) is 0 Å². The molecule has 0 heterocycles. The van der Waals surface area contributed by atoms with Crippen LogP contribution in [-0.2, 0) is 52.5 Å². The molecule has 1 fully saturated rings. The van der Waals surface area contributed by atoms with Crippen molar-refractivity contribution in [3.8, 4) is 0 Å². The van der Waals surface area contributed by atoms with Crippen molar-refractivity contribution in [2.75, 3.05) is 0 Å². The van der Waals surface area contributed by atoms with Gasteiger partial charge in [0, 0.05) is 34.6 Å². The Hall–Kier alpha value is -2.98. The lowest BCUT2D eigenvalue weighted by molar-refractivity contribution is -0.225. The molecule has 1 rings (SSSR count). The summed E-state index contributed by atoms with van der Waals surface area (Å²) in [6.45, 7) is 5.04. The average Bonchev–Trinajstić information content (AvgIpc) is 2.49. The molecular formula is C16H20O11. The van der Waals surface area contributed by atoms with Gasteiger partial charge in [-0.2, -0.15) is 0 Å². The molecule has 27 heavy (non-hydrogen) atoms. The van der Waals surface area contributed by atoms with E-state index in [2.05, 4.69) is 0 Å². The topological polar surface area (TPSA) is 149 Å². The van der Waals surface area contributed by atoms with Crippen LogP contribution < -0.4 is 0 Å². The van der Waals surface area contributed by atoms with Crippen molar-refractivity contribution >= 4 is 35.6 Å². The van der Waals surface area contributed by atoms with Crippen molar-refractivity contribution in [2.45, 2.75) is 65.1 Å². The minimum Gasteiger partial charge on any atom is -0.454 e. The zero-order chi connectivity index (χ0) is 20.9. The second-order valence-corrected chi connectivity index (χ2v) is 5.68. The van der Waals surface area contributed by atoms with Gasteiger partial charge in [0.15, 0.2) is 18.3 Å². The molecule has 0 bridgehead atoms. The van der Waals surface area contributed by atoms with Crippen LogP contribution in [0.5, 0.6) is 0 Å². The second-order valence-electron chi connectivity index (χ2n) is 5.68. The molecule has 1 aliphatic rings. The number of carbonyl (C=O) groups is 6. The molecule has 11 nitrogen and oxygen atoms in total. The molecule has 0 amide bonds. The third kappa shape index (κ3) is 6.04. The molecule has 0 aliphatic heterocycles. The van der Waals surface area contributed by atoms with E-state index in [1.807, 2.05) is 0 Å². The van der Waals surface area contributed by atoms with Crippen LogP contribution in [0, 0.1) is 0 Å². The maximum absolute atomic E-state index is 12.7. The van der Waals surface area contributed by atoms with Gasteiger partial charge in [-0.3, -0.25) is 28.8 Å². The number of ketones is 1. The lowest BCUT2D eigenvalue weighted by atomic mass is 9.85. The van der Waals surface area contributed by atoms with Gasteiger partial charge in [0.1, 0.15) is 0 Å². The minimum absolute atomic E-state index is 0.869. The Kier molecular flexibility index (Phi) is 7.44. The summed E-state index contributed by atoms with van der Waals surface area (Å²) in [4.78, 5) is 69.9. The number of hydrogen-bond acceptors (Lipinski definition) is 11. The third-order valence-electron chi connectivity index (χ3n) is 3.30. The molecule has 0 saturated heterocycles. The number of Topliss-reactive ketones (excluding diaryl/α,β-unsaturated/α-hetero) is 1. The number of ether oxygens (including phenoxy) is 5. The lowest BCUT2D eigenvalue weighted by Crippen LogP contribution is -2.66. The van der Waals surface area contributed by atoms with Crippen molar-refractivity contribution in [1.29, 1.82) is 0 Å². The molecule has 4 atom stereocenters. The molecule has 0 N–H and O–H groups in total. The summed E-state index contributed by atoms with van der Waals surface area (Å²) in [5.74, 6) is -5.43. The van der Waals surface area contributed by atoms with E-state index in [0.29, 0.717) is 0 Å². The van der Waals surface area contributed by atoms with Gasteiger partial charge in [-0.05, 0) is 0 Å². The number of esters is 5. The third-order valence-corrected chi connectivity index (χ3v) is 3.30. The summed E-state index contributed by atoms with van der Waals surface area (Å²) in [7, 11) is 0. The molecule has 0 aromatic carbocycles. The molecule has 4 unspecified atom stereocenters. The van der Waals surface area contributed by atoms with Crippen LogP contribution in [0.15, 0.2) is 0 Å². The maximum atomic E-state index is 12.7. The highest BCUT2D eigenvalue weighted by Crippen LogP contribution is 2.30. The fourth-order valence-corrected chi connectivity index (χ4v) is 2.59. The van der Waals surface area contributed by atoms with E-state index in [4.69, 9.17) is 23.7 Å². The Labute approximate surface area is 154 Å². The van der Waals surface area contributed by atoms with Crippen molar-refractivity contribution in [1.82, 2.24) is 0 Å². The predicted molar refractivity (Wildman–Crippen MR) is 82.8 cm³/mol. The highest BCUT2D eigenvalue weighted by Gasteiger charge is 2.58. The van der Waals surface area contributed by atoms with Gasteiger partial charge in [0.25, 0.3) is 0 Å².